The third-order valence-corrected chi connectivity index (χ3v) is 8.77. The molecule has 1 heterocycles. The molecule has 2 amide bonds. The number of nitrogens with zero attached hydrogens (tertiary/aromatic N) is 1. The van der Waals surface area contributed by atoms with E-state index in [1.54, 1.807) is 12.1 Å². The van der Waals surface area contributed by atoms with Gasteiger partial charge in [0.25, 0.3) is 10.0 Å². The topological polar surface area (TPSA) is 101 Å². The van der Waals surface area contributed by atoms with Crippen LogP contribution in [0.15, 0.2) is 71.6 Å². The minimum absolute atomic E-state index is 0.0261. The highest BCUT2D eigenvalue weighted by Crippen LogP contribution is 2.25. The highest BCUT2D eigenvalue weighted by molar-refractivity contribution is 7.91. The van der Waals surface area contributed by atoms with Crippen molar-refractivity contribution in [2.45, 2.75) is 30.8 Å². The van der Waals surface area contributed by atoms with Crippen LogP contribution < -0.4 is 4.72 Å². The SMILES string of the molecule is Cc1ccc(S(=O)(=O)NC(=O)N(Cc2cccc3ccccc23)C2CCS(=O)(=O)C2)cc1. The van der Waals surface area contributed by atoms with Gasteiger partial charge in [0.05, 0.1) is 16.4 Å². The number of amides is 2. The van der Waals surface area contributed by atoms with E-state index in [-0.39, 0.29) is 29.4 Å². The maximum Gasteiger partial charge on any atom is 0.331 e. The standard InChI is InChI=1S/C23H24N2O5S2/c1-17-9-11-21(12-10-17)32(29,30)24-23(26)25(20-13-14-31(27,28)16-20)15-19-7-4-6-18-5-2-3-8-22(18)19/h2-12,20H,13-16H2,1H3,(H,24,26). The van der Waals surface area contributed by atoms with E-state index < -0.39 is 31.9 Å². The second-order valence-electron chi connectivity index (χ2n) is 8.05. The number of sulfonamides is 1. The summed E-state index contributed by atoms with van der Waals surface area (Å²) in [5, 5.41) is 1.91. The van der Waals surface area contributed by atoms with Crippen molar-refractivity contribution in [3.63, 3.8) is 0 Å². The largest absolute Gasteiger partial charge is 0.331 e. The Balaban J connectivity index is 1.66. The molecule has 0 aromatic heterocycles. The zero-order chi connectivity index (χ0) is 22.9. The van der Waals surface area contributed by atoms with Crippen LogP contribution in [0.2, 0.25) is 0 Å². The van der Waals surface area contributed by atoms with Crippen LogP contribution in [0.25, 0.3) is 10.8 Å². The molecule has 1 atom stereocenters. The summed E-state index contributed by atoms with van der Waals surface area (Å²) in [6, 6.07) is 18.1. The number of fused-ring (bicyclic) bond motifs is 1. The zero-order valence-electron chi connectivity index (χ0n) is 17.6. The van der Waals surface area contributed by atoms with Gasteiger partial charge in [-0.15, -0.1) is 0 Å². The van der Waals surface area contributed by atoms with Gasteiger partial charge in [-0.2, -0.15) is 0 Å². The lowest BCUT2D eigenvalue weighted by molar-refractivity contribution is 0.182. The van der Waals surface area contributed by atoms with Crippen molar-refractivity contribution in [1.29, 1.82) is 0 Å². The Bertz CT molecular complexity index is 1360. The van der Waals surface area contributed by atoms with Crippen molar-refractivity contribution in [2.75, 3.05) is 11.5 Å². The monoisotopic (exact) mass is 472 g/mol. The van der Waals surface area contributed by atoms with Crippen LogP contribution in [0.5, 0.6) is 0 Å². The van der Waals surface area contributed by atoms with Crippen LogP contribution in [0, 0.1) is 6.92 Å². The maximum atomic E-state index is 13.2. The summed E-state index contributed by atoms with van der Waals surface area (Å²) >= 11 is 0. The molecule has 1 saturated heterocycles. The first-order valence-corrected chi connectivity index (χ1v) is 13.5. The number of carbonyl (C=O) groups is 1. The van der Waals surface area contributed by atoms with Crippen LogP contribution in [0.4, 0.5) is 4.79 Å². The molecule has 0 spiro atoms. The molecule has 1 aliphatic rings. The zero-order valence-corrected chi connectivity index (χ0v) is 19.2. The van der Waals surface area contributed by atoms with Crippen LogP contribution in [-0.4, -0.2) is 45.3 Å². The Morgan fingerprint density at radius 2 is 1.72 bits per heavy atom. The van der Waals surface area contributed by atoms with Crippen molar-refractivity contribution in [3.05, 3.63) is 77.9 Å². The molecule has 0 aliphatic carbocycles. The number of urea groups is 1. The van der Waals surface area contributed by atoms with Gasteiger partial charge in [0.2, 0.25) is 0 Å². The first-order valence-electron chi connectivity index (χ1n) is 10.2. The predicted octanol–water partition coefficient (Wildman–Crippen LogP) is 3.24. The van der Waals surface area contributed by atoms with Gasteiger partial charge in [-0.25, -0.2) is 26.4 Å². The van der Waals surface area contributed by atoms with Gasteiger partial charge in [-0.3, -0.25) is 0 Å². The lowest BCUT2D eigenvalue weighted by Gasteiger charge is -2.29. The molecular weight excluding hydrogens is 448 g/mol. The number of hydrogen-bond acceptors (Lipinski definition) is 5. The summed E-state index contributed by atoms with van der Waals surface area (Å²) in [5.41, 5.74) is 1.71. The fourth-order valence-electron chi connectivity index (χ4n) is 3.95. The summed E-state index contributed by atoms with van der Waals surface area (Å²) in [5.74, 6) is -0.211. The molecule has 1 fully saturated rings. The van der Waals surface area contributed by atoms with Gasteiger partial charge in [0, 0.05) is 12.6 Å². The Labute approximate surface area is 188 Å². The fourth-order valence-corrected chi connectivity index (χ4v) is 6.64. The van der Waals surface area contributed by atoms with Crippen LogP contribution in [-0.2, 0) is 26.4 Å². The third kappa shape index (κ3) is 4.78. The first-order chi connectivity index (χ1) is 15.1. The van der Waals surface area contributed by atoms with E-state index >= 15 is 0 Å². The number of rotatable bonds is 5. The minimum Gasteiger partial charge on any atom is -0.316 e. The number of benzene rings is 3. The Kier molecular flexibility index (Phi) is 5.96. The van der Waals surface area contributed by atoms with Crippen LogP contribution >= 0.6 is 0 Å². The van der Waals surface area contributed by atoms with Crippen molar-refractivity contribution >= 4 is 36.7 Å². The average molecular weight is 473 g/mol. The molecule has 32 heavy (non-hydrogen) atoms. The molecule has 9 heteroatoms. The number of sulfone groups is 1. The third-order valence-electron chi connectivity index (χ3n) is 5.68. The van der Waals surface area contributed by atoms with Gasteiger partial charge >= 0.3 is 6.03 Å². The quantitative estimate of drug-likeness (QED) is 0.614. The summed E-state index contributed by atoms with van der Waals surface area (Å²) in [7, 11) is -7.39. The summed E-state index contributed by atoms with van der Waals surface area (Å²) in [6.07, 6.45) is 0.269. The number of aryl methyl sites for hydroxylation is 1. The second-order valence-corrected chi connectivity index (χ2v) is 12.0. The minimum atomic E-state index is -4.11. The Morgan fingerprint density at radius 3 is 2.41 bits per heavy atom. The highest BCUT2D eigenvalue weighted by atomic mass is 32.2. The molecule has 4 rings (SSSR count). The number of carbonyl (C=O) groups excluding carboxylic acids is 1. The Hall–Kier alpha value is -2.91. The lowest BCUT2D eigenvalue weighted by atomic mass is 10.0. The molecule has 168 valence electrons. The van der Waals surface area contributed by atoms with Crippen molar-refractivity contribution in [1.82, 2.24) is 9.62 Å². The molecule has 1 N–H and O–H groups in total. The molecule has 0 saturated carbocycles. The number of hydrogen-bond donors (Lipinski definition) is 1. The number of nitrogens with one attached hydrogen (secondary N) is 1. The first kappa shape index (κ1) is 22.3. The average Bonchev–Trinajstić information content (AvgIpc) is 3.11. The summed E-state index contributed by atoms with van der Waals surface area (Å²) in [4.78, 5) is 14.5. The summed E-state index contributed by atoms with van der Waals surface area (Å²) < 4.78 is 51.9. The lowest BCUT2D eigenvalue weighted by Crippen LogP contribution is -2.48. The van der Waals surface area contributed by atoms with E-state index in [2.05, 4.69) is 4.72 Å². The molecule has 0 radical (unpaired) electrons. The predicted molar refractivity (Wildman–Crippen MR) is 123 cm³/mol. The smallest absolute Gasteiger partial charge is 0.316 e. The molecule has 1 unspecified atom stereocenters. The van der Waals surface area contributed by atoms with E-state index in [0.717, 1.165) is 21.9 Å². The Morgan fingerprint density at radius 1 is 1.03 bits per heavy atom. The van der Waals surface area contributed by atoms with Crippen LogP contribution in [0.1, 0.15) is 17.5 Å². The van der Waals surface area contributed by atoms with E-state index in [1.165, 1.54) is 17.0 Å². The second kappa shape index (κ2) is 8.55. The van der Waals surface area contributed by atoms with Gasteiger partial charge < -0.3 is 4.90 Å². The van der Waals surface area contributed by atoms with Gasteiger partial charge in [0.1, 0.15) is 0 Å². The fraction of sp³-hybridized carbons (Fsp3) is 0.261. The molecule has 3 aromatic carbocycles. The van der Waals surface area contributed by atoms with E-state index in [9.17, 15) is 21.6 Å². The van der Waals surface area contributed by atoms with E-state index in [0.29, 0.717) is 0 Å². The van der Waals surface area contributed by atoms with Crippen molar-refractivity contribution in [3.8, 4) is 0 Å². The van der Waals surface area contributed by atoms with Crippen molar-refractivity contribution < 1.29 is 21.6 Å². The molecular formula is C23H24N2O5S2. The molecule has 0 bridgehead atoms. The molecule has 1 aliphatic heterocycles. The molecule has 7 nitrogen and oxygen atoms in total. The van der Waals surface area contributed by atoms with Gasteiger partial charge in [0.15, 0.2) is 9.84 Å². The maximum absolute atomic E-state index is 13.2. The summed E-state index contributed by atoms with van der Waals surface area (Å²) in [6.45, 7) is 1.93. The van der Waals surface area contributed by atoms with E-state index in [4.69, 9.17) is 0 Å². The molecule has 3 aromatic rings. The van der Waals surface area contributed by atoms with E-state index in [1.807, 2.05) is 49.4 Å². The highest BCUT2D eigenvalue weighted by Gasteiger charge is 2.36. The normalized spacial score (nSPS) is 17.8. The van der Waals surface area contributed by atoms with Crippen LogP contribution in [0.3, 0.4) is 0 Å². The van der Waals surface area contributed by atoms with Crippen molar-refractivity contribution in [2.24, 2.45) is 0 Å². The van der Waals surface area contributed by atoms with Gasteiger partial charge in [-0.1, -0.05) is 60.2 Å². The van der Waals surface area contributed by atoms with Gasteiger partial charge in [-0.05, 0) is 41.8 Å².